The molecule has 22 heavy (non-hydrogen) atoms. The summed E-state index contributed by atoms with van der Waals surface area (Å²) in [6.07, 6.45) is 0.821. The summed E-state index contributed by atoms with van der Waals surface area (Å²) in [5.41, 5.74) is 3.00. The largest absolute Gasteiger partial charge is 0.493 e. The number of hydrogen-bond donors (Lipinski definition) is 2. The van der Waals surface area contributed by atoms with Gasteiger partial charge in [0.05, 0.1) is 13.2 Å². The predicted octanol–water partition coefficient (Wildman–Crippen LogP) is 2.34. The Morgan fingerprint density at radius 2 is 1.95 bits per heavy atom. The summed E-state index contributed by atoms with van der Waals surface area (Å²) >= 11 is 0. The maximum atomic E-state index is 11.8. The Bertz CT molecular complexity index is 608. The third-order valence-corrected chi connectivity index (χ3v) is 3.27. The van der Waals surface area contributed by atoms with E-state index in [9.17, 15) is 4.79 Å². The zero-order valence-corrected chi connectivity index (χ0v) is 12.7. The second-order valence-electron chi connectivity index (χ2n) is 5.09. The molecule has 0 aliphatic carbocycles. The molecule has 0 fully saturated rings. The highest BCUT2D eigenvalue weighted by atomic mass is 16.5. The third kappa shape index (κ3) is 4.90. The first-order chi connectivity index (χ1) is 10.7. The standard InChI is InChI=1S/C18H21NO3/c1-14-5-7-15(8-6-14)9-12-22-17-4-2-3-16(13-17)18(21)19-10-11-20/h2-8,13,20H,9-12H2,1H3,(H,19,21). The maximum absolute atomic E-state index is 11.8. The van der Waals surface area contributed by atoms with Crippen molar-refractivity contribution in [3.63, 3.8) is 0 Å². The van der Waals surface area contributed by atoms with Crippen LogP contribution in [0.15, 0.2) is 48.5 Å². The van der Waals surface area contributed by atoms with Crippen molar-refractivity contribution in [1.29, 1.82) is 0 Å². The molecule has 0 spiro atoms. The molecule has 0 aliphatic rings. The predicted molar refractivity (Wildman–Crippen MR) is 86.2 cm³/mol. The van der Waals surface area contributed by atoms with Crippen LogP contribution in [-0.2, 0) is 6.42 Å². The Morgan fingerprint density at radius 1 is 1.18 bits per heavy atom. The van der Waals surface area contributed by atoms with E-state index in [2.05, 4.69) is 36.5 Å². The van der Waals surface area contributed by atoms with E-state index in [1.165, 1.54) is 11.1 Å². The number of carbonyl (C=O) groups is 1. The molecular formula is C18H21NO3. The Labute approximate surface area is 130 Å². The minimum Gasteiger partial charge on any atom is -0.493 e. The van der Waals surface area contributed by atoms with E-state index in [-0.39, 0.29) is 19.1 Å². The second kappa shape index (κ2) is 8.20. The first kappa shape index (κ1) is 16.0. The topological polar surface area (TPSA) is 58.6 Å². The molecule has 0 saturated heterocycles. The Balaban J connectivity index is 1.87. The number of hydrogen-bond acceptors (Lipinski definition) is 3. The number of aryl methyl sites for hydroxylation is 1. The van der Waals surface area contributed by atoms with E-state index in [1.807, 2.05) is 6.07 Å². The molecule has 4 nitrogen and oxygen atoms in total. The van der Waals surface area contributed by atoms with Gasteiger partial charge in [0.2, 0.25) is 0 Å². The summed E-state index contributed by atoms with van der Waals surface area (Å²) in [6, 6.07) is 15.4. The van der Waals surface area contributed by atoms with E-state index in [4.69, 9.17) is 9.84 Å². The van der Waals surface area contributed by atoms with Crippen molar-refractivity contribution in [1.82, 2.24) is 5.32 Å². The summed E-state index contributed by atoms with van der Waals surface area (Å²) < 4.78 is 5.71. The molecule has 0 aliphatic heterocycles. The lowest BCUT2D eigenvalue weighted by Crippen LogP contribution is -2.26. The molecule has 0 radical (unpaired) electrons. The van der Waals surface area contributed by atoms with Crippen LogP contribution in [0.25, 0.3) is 0 Å². The number of aliphatic hydroxyl groups excluding tert-OH is 1. The summed E-state index contributed by atoms with van der Waals surface area (Å²) in [4.78, 5) is 11.8. The van der Waals surface area contributed by atoms with Crippen LogP contribution in [0.2, 0.25) is 0 Å². The average molecular weight is 299 g/mol. The number of amides is 1. The molecule has 0 heterocycles. The molecule has 0 bridgehead atoms. The van der Waals surface area contributed by atoms with Crippen LogP contribution in [0, 0.1) is 6.92 Å². The van der Waals surface area contributed by atoms with Gasteiger partial charge in [0.1, 0.15) is 5.75 Å². The molecule has 0 saturated carbocycles. The maximum Gasteiger partial charge on any atom is 0.251 e. The van der Waals surface area contributed by atoms with Crippen LogP contribution in [-0.4, -0.2) is 30.8 Å². The minimum absolute atomic E-state index is 0.0710. The molecule has 0 aromatic heterocycles. The number of benzene rings is 2. The summed E-state index contributed by atoms with van der Waals surface area (Å²) in [5, 5.41) is 11.3. The average Bonchev–Trinajstić information content (AvgIpc) is 2.55. The van der Waals surface area contributed by atoms with Crippen LogP contribution >= 0.6 is 0 Å². The van der Waals surface area contributed by atoms with Gasteiger partial charge >= 0.3 is 0 Å². The van der Waals surface area contributed by atoms with Crippen LogP contribution in [0.1, 0.15) is 21.5 Å². The SMILES string of the molecule is Cc1ccc(CCOc2cccc(C(=O)NCCO)c2)cc1. The fourth-order valence-corrected chi connectivity index (χ4v) is 2.04. The zero-order chi connectivity index (χ0) is 15.8. The highest BCUT2D eigenvalue weighted by Crippen LogP contribution is 2.14. The fraction of sp³-hybridized carbons (Fsp3) is 0.278. The monoisotopic (exact) mass is 299 g/mol. The van der Waals surface area contributed by atoms with Gasteiger partial charge in [-0.25, -0.2) is 0 Å². The number of nitrogens with one attached hydrogen (secondary N) is 1. The summed E-state index contributed by atoms with van der Waals surface area (Å²) in [6.45, 7) is 2.80. The molecule has 4 heteroatoms. The van der Waals surface area contributed by atoms with Crippen molar-refractivity contribution < 1.29 is 14.6 Å². The van der Waals surface area contributed by atoms with Gasteiger partial charge in [0, 0.05) is 18.5 Å². The molecule has 0 atom stereocenters. The molecule has 2 rings (SSSR count). The lowest BCUT2D eigenvalue weighted by molar-refractivity contribution is 0.0944. The molecule has 116 valence electrons. The van der Waals surface area contributed by atoms with Crippen molar-refractivity contribution in [3.8, 4) is 5.75 Å². The van der Waals surface area contributed by atoms with Gasteiger partial charge in [-0.1, -0.05) is 35.9 Å². The molecule has 2 aromatic carbocycles. The van der Waals surface area contributed by atoms with Crippen molar-refractivity contribution in [2.45, 2.75) is 13.3 Å². The second-order valence-corrected chi connectivity index (χ2v) is 5.09. The lowest BCUT2D eigenvalue weighted by atomic mass is 10.1. The van der Waals surface area contributed by atoms with E-state index in [0.29, 0.717) is 17.9 Å². The molecule has 1 amide bonds. The third-order valence-electron chi connectivity index (χ3n) is 3.27. The van der Waals surface area contributed by atoms with E-state index in [1.54, 1.807) is 18.2 Å². The number of ether oxygens (including phenoxy) is 1. The van der Waals surface area contributed by atoms with Crippen molar-refractivity contribution in [2.24, 2.45) is 0 Å². The number of rotatable bonds is 7. The molecule has 2 aromatic rings. The van der Waals surface area contributed by atoms with Crippen molar-refractivity contribution in [2.75, 3.05) is 19.8 Å². The van der Waals surface area contributed by atoms with E-state index in [0.717, 1.165) is 6.42 Å². The highest BCUT2D eigenvalue weighted by molar-refractivity contribution is 5.94. The first-order valence-electron chi connectivity index (χ1n) is 7.36. The zero-order valence-electron chi connectivity index (χ0n) is 12.7. The first-order valence-corrected chi connectivity index (χ1v) is 7.36. The molecule has 2 N–H and O–H groups in total. The summed E-state index contributed by atoms with van der Waals surface area (Å²) in [7, 11) is 0. The summed E-state index contributed by atoms with van der Waals surface area (Å²) in [5.74, 6) is 0.460. The van der Waals surface area contributed by atoms with Gasteiger partial charge in [-0.15, -0.1) is 0 Å². The quantitative estimate of drug-likeness (QED) is 0.825. The van der Waals surface area contributed by atoms with Gasteiger partial charge in [-0.3, -0.25) is 4.79 Å². The van der Waals surface area contributed by atoms with Gasteiger partial charge in [-0.2, -0.15) is 0 Å². The van der Waals surface area contributed by atoms with Crippen LogP contribution in [0.5, 0.6) is 5.75 Å². The van der Waals surface area contributed by atoms with Gasteiger partial charge in [-0.05, 0) is 30.7 Å². The van der Waals surface area contributed by atoms with Crippen LogP contribution in [0.3, 0.4) is 0 Å². The number of aliphatic hydroxyl groups is 1. The molecule has 0 unspecified atom stereocenters. The Morgan fingerprint density at radius 3 is 2.68 bits per heavy atom. The van der Waals surface area contributed by atoms with E-state index >= 15 is 0 Å². The Kier molecular flexibility index (Phi) is 5.98. The van der Waals surface area contributed by atoms with E-state index < -0.39 is 0 Å². The lowest BCUT2D eigenvalue weighted by Gasteiger charge is -2.08. The van der Waals surface area contributed by atoms with Crippen molar-refractivity contribution >= 4 is 5.91 Å². The van der Waals surface area contributed by atoms with Gasteiger partial charge in [0.25, 0.3) is 5.91 Å². The van der Waals surface area contributed by atoms with Crippen molar-refractivity contribution in [3.05, 3.63) is 65.2 Å². The number of carbonyl (C=O) groups excluding carboxylic acids is 1. The van der Waals surface area contributed by atoms with Gasteiger partial charge < -0.3 is 15.2 Å². The van der Waals surface area contributed by atoms with Crippen LogP contribution < -0.4 is 10.1 Å². The normalized spacial score (nSPS) is 10.3. The van der Waals surface area contributed by atoms with Gasteiger partial charge in [0.15, 0.2) is 0 Å². The Hall–Kier alpha value is -2.33. The molecular weight excluding hydrogens is 278 g/mol. The highest BCUT2D eigenvalue weighted by Gasteiger charge is 2.05. The van der Waals surface area contributed by atoms with Crippen LogP contribution in [0.4, 0.5) is 0 Å². The smallest absolute Gasteiger partial charge is 0.251 e. The minimum atomic E-state index is -0.210. The fourth-order valence-electron chi connectivity index (χ4n) is 2.04.